The Morgan fingerprint density at radius 1 is 0.808 bits per heavy atom. The Bertz CT molecular complexity index is 1220. The van der Waals surface area contributed by atoms with Gasteiger partial charge in [0.15, 0.2) is 33.8 Å². The van der Waals surface area contributed by atoms with Crippen LogP contribution in [0, 0.1) is 0 Å². The number of hydrogen-bond acceptors (Lipinski definition) is 9. The number of ketones is 1. The van der Waals surface area contributed by atoms with Crippen LogP contribution in [-0.4, -0.2) is 26.0 Å². The summed E-state index contributed by atoms with van der Waals surface area (Å²) < 4.78 is 9.91. The summed E-state index contributed by atoms with van der Waals surface area (Å²) in [4.78, 5) is 44.7. The zero-order valence-electron chi connectivity index (χ0n) is 12.8. The summed E-state index contributed by atoms with van der Waals surface area (Å²) in [5.41, 5.74) is -4.41. The van der Waals surface area contributed by atoms with Gasteiger partial charge in [0.05, 0.1) is 0 Å². The molecule has 0 atom stereocenters. The molecule has 0 saturated heterocycles. The number of aromatic hydroxyl groups is 2. The van der Waals surface area contributed by atoms with E-state index >= 15 is 0 Å². The van der Waals surface area contributed by atoms with Crippen LogP contribution in [-0.2, 0) is 0 Å². The summed E-state index contributed by atoms with van der Waals surface area (Å²) in [5.74, 6) is -2.79. The van der Waals surface area contributed by atoms with E-state index in [4.69, 9.17) is 8.83 Å². The van der Waals surface area contributed by atoms with Crippen LogP contribution in [0.2, 0.25) is 0 Å². The molecule has 9 heteroatoms. The third-order valence-corrected chi connectivity index (χ3v) is 3.73. The molecule has 4 rings (SSSR count). The lowest BCUT2D eigenvalue weighted by Gasteiger charge is -2.06. The Labute approximate surface area is 142 Å². The average molecular weight is 352 g/mol. The molecular formula is C17H8N2O7. The minimum atomic E-state index is -1.26. The molecule has 4 aromatic heterocycles. The molecular weight excluding hydrogens is 344 g/mol. The van der Waals surface area contributed by atoms with Gasteiger partial charge in [0.1, 0.15) is 11.0 Å². The SMILES string of the molecule is O=C(c1c(O)c2ncccc2oc1=O)c1c(O)c2ncccc2oc1=O. The lowest BCUT2D eigenvalue weighted by molar-refractivity contribution is 0.102. The Morgan fingerprint density at radius 2 is 1.23 bits per heavy atom. The van der Waals surface area contributed by atoms with Crippen molar-refractivity contribution in [2.45, 2.75) is 0 Å². The molecule has 2 N–H and O–H groups in total. The fourth-order valence-corrected chi connectivity index (χ4v) is 2.56. The Hall–Kier alpha value is -4.01. The van der Waals surface area contributed by atoms with Crippen LogP contribution in [0.5, 0.6) is 11.5 Å². The highest BCUT2D eigenvalue weighted by molar-refractivity contribution is 6.14. The zero-order chi connectivity index (χ0) is 18.4. The number of carbonyl (C=O) groups excluding carboxylic acids is 1. The first-order chi connectivity index (χ1) is 12.5. The second-order valence-electron chi connectivity index (χ2n) is 5.26. The van der Waals surface area contributed by atoms with Crippen LogP contribution in [0.4, 0.5) is 0 Å². The number of carbonyl (C=O) groups is 1. The van der Waals surface area contributed by atoms with Crippen molar-refractivity contribution in [2.75, 3.05) is 0 Å². The molecule has 9 nitrogen and oxygen atoms in total. The van der Waals surface area contributed by atoms with Gasteiger partial charge >= 0.3 is 11.3 Å². The molecule has 0 unspecified atom stereocenters. The Morgan fingerprint density at radius 3 is 1.65 bits per heavy atom. The van der Waals surface area contributed by atoms with Gasteiger partial charge in [-0.1, -0.05) is 0 Å². The fourth-order valence-electron chi connectivity index (χ4n) is 2.56. The van der Waals surface area contributed by atoms with Crippen LogP contribution in [0.15, 0.2) is 55.1 Å². The lowest BCUT2D eigenvalue weighted by Crippen LogP contribution is -2.21. The summed E-state index contributed by atoms with van der Waals surface area (Å²) in [6, 6.07) is 5.70. The highest BCUT2D eigenvalue weighted by Crippen LogP contribution is 2.29. The van der Waals surface area contributed by atoms with Crippen molar-refractivity contribution in [1.29, 1.82) is 0 Å². The standard InChI is InChI=1S/C17H8N2O7/c20-13(9-14(21)11-7(25-16(9)23)3-1-5-18-11)10-15(22)12-8(26-17(10)24)4-2-6-19-12/h1-6,21-22H. The number of fused-ring (bicyclic) bond motifs is 2. The third-order valence-electron chi connectivity index (χ3n) is 3.73. The topological polar surface area (TPSA) is 144 Å². The van der Waals surface area contributed by atoms with Gasteiger partial charge in [0, 0.05) is 12.4 Å². The monoisotopic (exact) mass is 352 g/mol. The predicted molar refractivity (Wildman–Crippen MR) is 87.3 cm³/mol. The zero-order valence-corrected chi connectivity index (χ0v) is 12.8. The maximum atomic E-state index is 12.7. The van der Waals surface area contributed by atoms with Gasteiger partial charge in [-0.15, -0.1) is 0 Å². The predicted octanol–water partition coefficient (Wildman–Crippen LogP) is 1.33. The number of aromatic nitrogens is 2. The minimum Gasteiger partial charge on any atom is -0.505 e. The molecule has 0 aliphatic rings. The summed E-state index contributed by atoms with van der Waals surface area (Å²) in [6.45, 7) is 0. The highest BCUT2D eigenvalue weighted by atomic mass is 16.4. The third kappa shape index (κ3) is 2.14. The van der Waals surface area contributed by atoms with E-state index in [1.807, 2.05) is 0 Å². The number of rotatable bonds is 2. The van der Waals surface area contributed by atoms with Crippen molar-refractivity contribution in [1.82, 2.24) is 9.97 Å². The molecule has 0 bridgehead atoms. The maximum Gasteiger partial charge on any atom is 0.351 e. The maximum absolute atomic E-state index is 12.7. The van der Waals surface area contributed by atoms with E-state index in [-0.39, 0.29) is 22.2 Å². The normalized spacial score (nSPS) is 11.1. The van der Waals surface area contributed by atoms with Gasteiger partial charge in [-0.05, 0) is 24.3 Å². The van der Waals surface area contributed by atoms with Gasteiger partial charge in [-0.3, -0.25) is 4.79 Å². The van der Waals surface area contributed by atoms with Crippen LogP contribution < -0.4 is 11.3 Å². The molecule has 0 aromatic carbocycles. The number of nitrogens with zero attached hydrogens (tertiary/aromatic N) is 2. The molecule has 26 heavy (non-hydrogen) atoms. The number of hydrogen-bond donors (Lipinski definition) is 2. The van der Waals surface area contributed by atoms with Crippen molar-refractivity contribution in [3.05, 3.63) is 68.6 Å². The average Bonchev–Trinajstić information content (AvgIpc) is 2.62. The van der Waals surface area contributed by atoms with Crippen LogP contribution in [0.3, 0.4) is 0 Å². The highest BCUT2D eigenvalue weighted by Gasteiger charge is 2.29. The summed E-state index contributed by atoms with van der Waals surface area (Å²) in [7, 11) is 0. The van der Waals surface area contributed by atoms with E-state index in [0.29, 0.717) is 0 Å². The van der Waals surface area contributed by atoms with Gasteiger partial charge < -0.3 is 19.0 Å². The molecule has 0 radical (unpaired) electrons. The Balaban J connectivity index is 2.03. The van der Waals surface area contributed by atoms with Crippen molar-refractivity contribution >= 4 is 28.0 Å². The van der Waals surface area contributed by atoms with Crippen molar-refractivity contribution < 1.29 is 23.8 Å². The van der Waals surface area contributed by atoms with Gasteiger partial charge in [-0.25, -0.2) is 19.6 Å². The lowest BCUT2D eigenvalue weighted by atomic mass is 10.0. The molecule has 4 aromatic rings. The van der Waals surface area contributed by atoms with Gasteiger partial charge in [0.2, 0.25) is 5.78 Å². The van der Waals surface area contributed by atoms with E-state index in [9.17, 15) is 24.6 Å². The Kier molecular flexibility index (Phi) is 3.29. The van der Waals surface area contributed by atoms with Gasteiger partial charge in [0.25, 0.3) is 0 Å². The molecule has 0 aliphatic heterocycles. The van der Waals surface area contributed by atoms with Crippen LogP contribution in [0.1, 0.15) is 15.9 Å². The summed E-state index contributed by atoms with van der Waals surface area (Å²) >= 11 is 0. The minimum absolute atomic E-state index is 0.0389. The van der Waals surface area contributed by atoms with E-state index in [0.717, 1.165) is 0 Å². The number of pyridine rings is 2. The largest absolute Gasteiger partial charge is 0.505 e. The molecule has 0 amide bonds. The van der Waals surface area contributed by atoms with Crippen LogP contribution in [0.25, 0.3) is 22.2 Å². The quantitative estimate of drug-likeness (QED) is 0.510. The molecule has 4 heterocycles. The van der Waals surface area contributed by atoms with Gasteiger partial charge in [-0.2, -0.15) is 0 Å². The van der Waals surface area contributed by atoms with Crippen molar-refractivity contribution in [3.8, 4) is 11.5 Å². The second kappa shape index (κ2) is 5.52. The first kappa shape index (κ1) is 15.5. The summed E-state index contributed by atoms with van der Waals surface area (Å²) in [5, 5.41) is 20.6. The first-order valence-corrected chi connectivity index (χ1v) is 7.25. The summed E-state index contributed by atoms with van der Waals surface area (Å²) in [6.07, 6.45) is 2.64. The van der Waals surface area contributed by atoms with E-state index in [2.05, 4.69) is 9.97 Å². The van der Waals surface area contributed by atoms with Crippen molar-refractivity contribution in [2.24, 2.45) is 0 Å². The smallest absolute Gasteiger partial charge is 0.351 e. The molecule has 0 spiro atoms. The van der Waals surface area contributed by atoms with E-state index in [1.54, 1.807) is 0 Å². The van der Waals surface area contributed by atoms with E-state index in [1.165, 1.54) is 36.7 Å². The molecule has 0 saturated carbocycles. The first-order valence-electron chi connectivity index (χ1n) is 7.25. The second-order valence-corrected chi connectivity index (χ2v) is 5.26. The molecule has 0 aliphatic carbocycles. The fraction of sp³-hybridized carbons (Fsp3) is 0. The van der Waals surface area contributed by atoms with Crippen molar-refractivity contribution in [3.63, 3.8) is 0 Å². The van der Waals surface area contributed by atoms with Crippen LogP contribution >= 0.6 is 0 Å². The molecule has 0 fully saturated rings. The molecule has 128 valence electrons. The van der Waals surface area contributed by atoms with E-state index < -0.39 is 39.7 Å².